The number of aromatic nitrogens is 1. The molecule has 5 fully saturated rings. The molecule has 0 N–H and O–H groups in total. The fraction of sp³-hybridized carbons (Fsp3) is 0.593. The van der Waals surface area contributed by atoms with Crippen molar-refractivity contribution in [1.82, 2.24) is 4.98 Å². The van der Waals surface area contributed by atoms with Gasteiger partial charge in [0.05, 0.1) is 16.8 Å². The highest BCUT2D eigenvalue weighted by atomic mass is 16.7. The summed E-state index contributed by atoms with van der Waals surface area (Å²) in [5.74, 6) is 3.43. The van der Waals surface area contributed by atoms with Gasteiger partial charge in [-0.1, -0.05) is 24.3 Å². The molecule has 0 radical (unpaired) electrons. The Labute approximate surface area is 186 Å². The Balaban J connectivity index is 1.40. The first-order valence-electron chi connectivity index (χ1n) is 12.3. The number of nitrogens with zero attached hydrogens (tertiary/aromatic N) is 1. The van der Waals surface area contributed by atoms with Crippen LogP contribution >= 0.6 is 0 Å². The second-order valence-electron chi connectivity index (χ2n) is 12.0. The average molecular weight is 413 g/mol. The molecule has 1 saturated heterocycles. The molecule has 1 spiro atoms. The number of pyridine rings is 1. The van der Waals surface area contributed by atoms with Crippen LogP contribution in [0.1, 0.15) is 70.9 Å². The molecule has 4 heteroatoms. The predicted octanol–water partition coefficient (Wildman–Crippen LogP) is 5.10. The monoisotopic (exact) mass is 413 g/mol. The van der Waals surface area contributed by atoms with E-state index in [0.717, 1.165) is 29.3 Å². The fourth-order valence-electron chi connectivity index (χ4n) is 8.15. The van der Waals surface area contributed by atoms with E-state index in [4.69, 9.17) is 14.3 Å². The molecule has 1 aliphatic heterocycles. The second-order valence-corrected chi connectivity index (χ2v) is 12.0. The van der Waals surface area contributed by atoms with Crippen LogP contribution in [0.25, 0.3) is 11.1 Å². The van der Waals surface area contributed by atoms with Crippen molar-refractivity contribution in [3.8, 4) is 11.1 Å². The highest BCUT2D eigenvalue weighted by Crippen LogP contribution is 2.69. The van der Waals surface area contributed by atoms with Gasteiger partial charge in [0, 0.05) is 17.2 Å². The lowest BCUT2D eigenvalue weighted by molar-refractivity contribution is -0.0399. The van der Waals surface area contributed by atoms with E-state index in [2.05, 4.69) is 64.2 Å². The maximum absolute atomic E-state index is 6.40. The summed E-state index contributed by atoms with van der Waals surface area (Å²) < 4.78 is 12.8. The predicted molar refractivity (Wildman–Crippen MR) is 123 cm³/mol. The molecule has 2 aromatic rings. The minimum Gasteiger partial charge on any atom is -0.398 e. The van der Waals surface area contributed by atoms with E-state index in [1.165, 1.54) is 48.8 Å². The molecule has 0 amide bonds. The van der Waals surface area contributed by atoms with E-state index < -0.39 is 7.12 Å². The number of hydrogen-bond donors (Lipinski definition) is 0. The number of fused-ring (bicyclic) bond motifs is 3. The van der Waals surface area contributed by atoms with Crippen molar-refractivity contribution >= 4 is 12.7 Å². The van der Waals surface area contributed by atoms with Gasteiger partial charge < -0.3 is 9.31 Å². The summed E-state index contributed by atoms with van der Waals surface area (Å²) in [4.78, 5) is 4.91. The van der Waals surface area contributed by atoms with Crippen LogP contribution in [-0.4, -0.2) is 23.3 Å². The van der Waals surface area contributed by atoms with Crippen LogP contribution in [0.2, 0.25) is 0 Å². The van der Waals surface area contributed by atoms with Crippen LogP contribution in [0.15, 0.2) is 36.5 Å². The number of hydrogen-bond acceptors (Lipinski definition) is 3. The zero-order valence-electron chi connectivity index (χ0n) is 19.2. The standard InChI is InChI=1S/C27H32BNO2/c1-25(2)26(3,4)31-28(30-25)24-14-23-21(15-29-24)20-7-5-6-8-22(20)27(23)18-10-16-9-17(12-18)13-19(27)11-16/h5-8,14-19H,9-13H2,1-4H3. The van der Waals surface area contributed by atoms with Crippen LogP contribution in [0.4, 0.5) is 0 Å². The third-order valence-corrected chi connectivity index (χ3v) is 9.95. The normalized spacial score (nSPS) is 38.0. The summed E-state index contributed by atoms with van der Waals surface area (Å²) >= 11 is 0. The Morgan fingerprint density at radius 3 is 2.06 bits per heavy atom. The van der Waals surface area contributed by atoms with Crippen molar-refractivity contribution in [2.45, 2.75) is 76.4 Å². The van der Waals surface area contributed by atoms with E-state index in [9.17, 15) is 0 Å². The molecule has 1 aromatic heterocycles. The molecule has 0 unspecified atom stereocenters. The van der Waals surface area contributed by atoms with Gasteiger partial charge in [0.15, 0.2) is 0 Å². The molecule has 4 saturated carbocycles. The molecule has 5 aliphatic carbocycles. The first-order valence-corrected chi connectivity index (χ1v) is 12.3. The van der Waals surface area contributed by atoms with Gasteiger partial charge in [0.2, 0.25) is 0 Å². The van der Waals surface area contributed by atoms with Gasteiger partial charge in [-0.3, -0.25) is 4.98 Å². The lowest BCUT2D eigenvalue weighted by atomic mass is 9.43. The molecule has 3 nitrogen and oxygen atoms in total. The maximum Gasteiger partial charge on any atom is 0.514 e. The SMILES string of the molecule is CC1(C)OB(c2cc3c(cn2)-c2ccccc2C32C3CC4CC(C3)CC2C4)OC1(C)C. The number of rotatable bonds is 1. The van der Waals surface area contributed by atoms with Gasteiger partial charge in [-0.2, -0.15) is 0 Å². The van der Waals surface area contributed by atoms with Crippen molar-refractivity contribution in [1.29, 1.82) is 0 Å². The summed E-state index contributed by atoms with van der Waals surface area (Å²) in [6.07, 6.45) is 9.19. The Hall–Kier alpha value is -1.65. The van der Waals surface area contributed by atoms with Crippen LogP contribution in [-0.2, 0) is 14.7 Å². The summed E-state index contributed by atoms with van der Waals surface area (Å²) in [5, 5.41) is 0. The summed E-state index contributed by atoms with van der Waals surface area (Å²) in [6, 6.07) is 11.6. The highest BCUT2D eigenvalue weighted by Gasteiger charge is 2.62. The van der Waals surface area contributed by atoms with Gasteiger partial charge in [-0.05, 0) is 106 Å². The molecular formula is C27H32BNO2. The van der Waals surface area contributed by atoms with E-state index in [-0.39, 0.29) is 16.6 Å². The second kappa shape index (κ2) is 5.82. The molecule has 0 atom stereocenters. The third kappa shape index (κ3) is 2.26. The first-order chi connectivity index (χ1) is 14.8. The Bertz CT molecular complexity index is 1050. The zero-order chi connectivity index (χ0) is 21.2. The molecule has 4 bridgehead atoms. The molecule has 1 aromatic carbocycles. The summed E-state index contributed by atoms with van der Waals surface area (Å²) in [6.45, 7) is 8.48. The van der Waals surface area contributed by atoms with Gasteiger partial charge >= 0.3 is 7.12 Å². The molecular weight excluding hydrogens is 381 g/mol. The van der Waals surface area contributed by atoms with Crippen molar-refractivity contribution in [3.63, 3.8) is 0 Å². The summed E-state index contributed by atoms with van der Waals surface area (Å²) in [7, 11) is -0.395. The molecule has 6 aliphatic rings. The zero-order valence-corrected chi connectivity index (χ0v) is 19.2. The first kappa shape index (κ1) is 18.9. The van der Waals surface area contributed by atoms with Gasteiger partial charge in [-0.15, -0.1) is 0 Å². The minimum absolute atomic E-state index is 0.167. The van der Waals surface area contributed by atoms with E-state index in [0.29, 0.717) is 0 Å². The van der Waals surface area contributed by atoms with Crippen LogP contribution in [0, 0.1) is 23.7 Å². The lowest BCUT2D eigenvalue weighted by Crippen LogP contribution is -2.55. The van der Waals surface area contributed by atoms with Crippen molar-refractivity contribution in [2.75, 3.05) is 0 Å². The Kier molecular flexibility index (Phi) is 3.55. The van der Waals surface area contributed by atoms with Gasteiger partial charge in [-0.25, -0.2) is 0 Å². The van der Waals surface area contributed by atoms with Crippen molar-refractivity contribution in [3.05, 3.63) is 47.7 Å². The van der Waals surface area contributed by atoms with E-state index in [1.807, 2.05) is 0 Å². The quantitative estimate of drug-likeness (QED) is 0.610. The molecule has 8 rings (SSSR count). The van der Waals surface area contributed by atoms with Crippen molar-refractivity contribution in [2.24, 2.45) is 23.7 Å². The van der Waals surface area contributed by atoms with Crippen molar-refractivity contribution < 1.29 is 9.31 Å². The van der Waals surface area contributed by atoms with E-state index >= 15 is 0 Å². The number of benzene rings is 1. The molecule has 160 valence electrons. The maximum atomic E-state index is 6.40. The summed E-state index contributed by atoms with van der Waals surface area (Å²) in [5.41, 5.74) is 6.28. The Morgan fingerprint density at radius 1 is 0.806 bits per heavy atom. The average Bonchev–Trinajstić information content (AvgIpc) is 3.13. The van der Waals surface area contributed by atoms with Crippen LogP contribution < -0.4 is 5.59 Å². The largest absolute Gasteiger partial charge is 0.514 e. The topological polar surface area (TPSA) is 31.4 Å². The highest BCUT2D eigenvalue weighted by molar-refractivity contribution is 6.61. The fourth-order valence-corrected chi connectivity index (χ4v) is 8.15. The van der Waals surface area contributed by atoms with Gasteiger partial charge in [0.1, 0.15) is 0 Å². The Morgan fingerprint density at radius 2 is 1.42 bits per heavy atom. The molecule has 2 heterocycles. The minimum atomic E-state index is -0.395. The lowest BCUT2D eigenvalue weighted by Gasteiger charge is -2.61. The van der Waals surface area contributed by atoms with Gasteiger partial charge in [0.25, 0.3) is 0 Å². The third-order valence-electron chi connectivity index (χ3n) is 9.95. The van der Waals surface area contributed by atoms with E-state index in [1.54, 1.807) is 5.56 Å². The van der Waals surface area contributed by atoms with Crippen LogP contribution in [0.5, 0.6) is 0 Å². The van der Waals surface area contributed by atoms with Crippen LogP contribution in [0.3, 0.4) is 0 Å². The molecule has 31 heavy (non-hydrogen) atoms. The smallest absolute Gasteiger partial charge is 0.398 e.